The fraction of sp³-hybridized carbons (Fsp3) is 0.211. The lowest BCUT2D eigenvalue weighted by Gasteiger charge is -2.18. The van der Waals surface area contributed by atoms with Crippen LogP contribution in [0.2, 0.25) is 0 Å². The van der Waals surface area contributed by atoms with Crippen LogP contribution in [0.1, 0.15) is 10.4 Å². The standard InChI is InChI=1S/C19H17N3O9S2/c1-32-17-5-3-12(7-14(17)22(26)27)33(28,29)20-8-19(25)31-9-15(23)11-2-4-16-13(6-11)21-18(24)10-30-16/h2-7,20H,8-10H2,1H3,(H,21,24). The topological polar surface area (TPSA) is 171 Å². The molecule has 2 aromatic carbocycles. The number of Topliss-reactive ketones (excluding diaryl/α,β-unsaturated/α-hetero) is 1. The number of nitro groups is 1. The Bertz CT molecular complexity index is 1250. The Labute approximate surface area is 191 Å². The second-order valence-electron chi connectivity index (χ2n) is 6.55. The van der Waals surface area contributed by atoms with Gasteiger partial charge in [-0.2, -0.15) is 4.72 Å². The molecule has 0 unspecified atom stereocenters. The molecule has 12 nitrogen and oxygen atoms in total. The van der Waals surface area contributed by atoms with Gasteiger partial charge in [0, 0.05) is 11.6 Å². The smallest absolute Gasteiger partial charge is 0.321 e. The molecule has 0 radical (unpaired) electrons. The zero-order valence-electron chi connectivity index (χ0n) is 17.0. The molecule has 3 rings (SSSR count). The van der Waals surface area contributed by atoms with E-state index in [1.54, 1.807) is 6.26 Å². The minimum atomic E-state index is -4.25. The van der Waals surface area contributed by atoms with Crippen molar-refractivity contribution in [1.82, 2.24) is 4.72 Å². The van der Waals surface area contributed by atoms with E-state index in [0.717, 1.165) is 17.8 Å². The molecular formula is C19H17N3O9S2. The van der Waals surface area contributed by atoms with Crippen LogP contribution in [0.15, 0.2) is 46.2 Å². The second kappa shape index (κ2) is 9.97. The molecule has 0 bridgehead atoms. The Morgan fingerprint density at radius 3 is 2.73 bits per heavy atom. The summed E-state index contributed by atoms with van der Waals surface area (Å²) < 4.78 is 36.7. The number of amides is 1. The molecule has 33 heavy (non-hydrogen) atoms. The number of hydrogen-bond donors (Lipinski definition) is 2. The summed E-state index contributed by atoms with van der Waals surface area (Å²) in [5.74, 6) is -1.60. The third-order valence-corrected chi connectivity index (χ3v) is 6.55. The van der Waals surface area contributed by atoms with E-state index in [1.165, 1.54) is 30.3 Å². The number of ether oxygens (including phenoxy) is 2. The maximum absolute atomic E-state index is 12.4. The monoisotopic (exact) mass is 495 g/mol. The van der Waals surface area contributed by atoms with Crippen LogP contribution < -0.4 is 14.8 Å². The summed E-state index contributed by atoms with van der Waals surface area (Å²) in [6.07, 6.45) is 1.61. The SMILES string of the molecule is CSc1ccc(S(=O)(=O)NCC(=O)OCC(=O)c2ccc3c(c2)NC(=O)CO3)cc1[N+](=O)[O-]. The number of ketones is 1. The number of sulfonamides is 1. The fourth-order valence-electron chi connectivity index (χ4n) is 2.75. The van der Waals surface area contributed by atoms with Crippen LogP contribution in [0.4, 0.5) is 11.4 Å². The minimum absolute atomic E-state index is 0.136. The first-order chi connectivity index (χ1) is 15.6. The van der Waals surface area contributed by atoms with Crippen molar-refractivity contribution in [3.63, 3.8) is 0 Å². The molecule has 0 fully saturated rings. The molecular weight excluding hydrogens is 478 g/mol. The number of nitrogens with zero attached hydrogens (tertiary/aromatic N) is 1. The van der Waals surface area contributed by atoms with Crippen LogP contribution in [0.3, 0.4) is 0 Å². The van der Waals surface area contributed by atoms with Crippen LogP contribution in [0.25, 0.3) is 0 Å². The highest BCUT2D eigenvalue weighted by molar-refractivity contribution is 7.98. The number of hydrogen-bond acceptors (Lipinski definition) is 10. The molecule has 0 saturated heterocycles. The van der Waals surface area contributed by atoms with Gasteiger partial charge in [0.2, 0.25) is 10.0 Å². The van der Waals surface area contributed by atoms with Crippen molar-refractivity contribution in [3.05, 3.63) is 52.1 Å². The number of benzene rings is 2. The average Bonchev–Trinajstić information content (AvgIpc) is 2.80. The van der Waals surface area contributed by atoms with Crippen LogP contribution in [-0.4, -0.2) is 57.0 Å². The third kappa shape index (κ3) is 5.85. The van der Waals surface area contributed by atoms with E-state index in [9.17, 15) is 32.9 Å². The molecule has 0 atom stereocenters. The van der Waals surface area contributed by atoms with E-state index in [-0.39, 0.29) is 28.7 Å². The van der Waals surface area contributed by atoms with Crippen molar-refractivity contribution in [2.75, 3.05) is 31.3 Å². The number of fused-ring (bicyclic) bond motifs is 1. The number of nitro benzene ring substituents is 1. The minimum Gasteiger partial charge on any atom is -0.482 e. The number of carbonyl (C=O) groups is 3. The molecule has 1 amide bonds. The molecule has 14 heteroatoms. The van der Waals surface area contributed by atoms with Gasteiger partial charge in [0.25, 0.3) is 11.6 Å². The largest absolute Gasteiger partial charge is 0.482 e. The van der Waals surface area contributed by atoms with Crippen molar-refractivity contribution in [2.45, 2.75) is 9.79 Å². The van der Waals surface area contributed by atoms with Crippen molar-refractivity contribution in [1.29, 1.82) is 0 Å². The Hall–Kier alpha value is -3.49. The predicted molar refractivity (Wildman–Crippen MR) is 116 cm³/mol. The number of anilines is 1. The summed E-state index contributed by atoms with van der Waals surface area (Å²) in [6, 6.07) is 7.65. The lowest BCUT2D eigenvalue weighted by Crippen LogP contribution is -2.31. The maximum atomic E-state index is 12.4. The van der Waals surface area contributed by atoms with Gasteiger partial charge < -0.3 is 14.8 Å². The quantitative estimate of drug-likeness (QED) is 0.170. The Balaban J connectivity index is 1.57. The van der Waals surface area contributed by atoms with E-state index in [1.807, 2.05) is 4.72 Å². The maximum Gasteiger partial charge on any atom is 0.321 e. The van der Waals surface area contributed by atoms with Gasteiger partial charge in [0.05, 0.1) is 20.4 Å². The molecule has 174 valence electrons. The van der Waals surface area contributed by atoms with Crippen LogP contribution >= 0.6 is 11.8 Å². The summed E-state index contributed by atoms with van der Waals surface area (Å²) in [7, 11) is -4.25. The van der Waals surface area contributed by atoms with Gasteiger partial charge in [-0.25, -0.2) is 8.42 Å². The van der Waals surface area contributed by atoms with Crippen LogP contribution in [0, 0.1) is 10.1 Å². The second-order valence-corrected chi connectivity index (χ2v) is 9.16. The zero-order valence-corrected chi connectivity index (χ0v) is 18.7. The number of esters is 1. The Kier molecular flexibility index (Phi) is 7.30. The van der Waals surface area contributed by atoms with Crippen molar-refractivity contribution >= 4 is 50.8 Å². The van der Waals surface area contributed by atoms with E-state index in [0.29, 0.717) is 11.4 Å². The summed E-state index contributed by atoms with van der Waals surface area (Å²) in [6.45, 7) is -1.59. The Morgan fingerprint density at radius 2 is 2.03 bits per heavy atom. The van der Waals surface area contributed by atoms with Crippen molar-refractivity contribution in [3.8, 4) is 5.75 Å². The molecule has 2 aromatic rings. The van der Waals surface area contributed by atoms with Gasteiger partial charge in [0.1, 0.15) is 12.3 Å². The summed E-state index contributed by atoms with van der Waals surface area (Å²) in [4.78, 5) is 45.9. The molecule has 0 aromatic heterocycles. The molecule has 0 saturated carbocycles. The van der Waals surface area contributed by atoms with E-state index in [4.69, 9.17) is 9.47 Å². The Morgan fingerprint density at radius 1 is 1.27 bits per heavy atom. The molecule has 1 heterocycles. The molecule has 2 N–H and O–H groups in total. The normalized spacial score (nSPS) is 12.8. The summed E-state index contributed by atoms with van der Waals surface area (Å²) >= 11 is 1.09. The first-order valence-corrected chi connectivity index (χ1v) is 11.9. The van der Waals surface area contributed by atoms with Gasteiger partial charge in [-0.05, 0) is 36.6 Å². The van der Waals surface area contributed by atoms with E-state index >= 15 is 0 Å². The van der Waals surface area contributed by atoms with Gasteiger partial charge in [-0.15, -0.1) is 11.8 Å². The highest BCUT2D eigenvalue weighted by Gasteiger charge is 2.23. The first kappa shape index (κ1) is 24.2. The average molecular weight is 495 g/mol. The molecule has 0 aliphatic carbocycles. The zero-order chi connectivity index (χ0) is 24.2. The number of nitrogens with one attached hydrogen (secondary N) is 2. The van der Waals surface area contributed by atoms with E-state index in [2.05, 4.69) is 5.32 Å². The van der Waals surface area contributed by atoms with Crippen molar-refractivity contribution < 1.29 is 37.2 Å². The van der Waals surface area contributed by atoms with Crippen molar-refractivity contribution in [2.24, 2.45) is 0 Å². The summed E-state index contributed by atoms with van der Waals surface area (Å²) in [5, 5.41) is 13.7. The lowest BCUT2D eigenvalue weighted by atomic mass is 10.1. The lowest BCUT2D eigenvalue weighted by molar-refractivity contribution is -0.388. The molecule has 1 aliphatic rings. The first-order valence-electron chi connectivity index (χ1n) is 9.18. The van der Waals surface area contributed by atoms with E-state index < -0.39 is 44.7 Å². The molecule has 1 aliphatic heterocycles. The van der Waals surface area contributed by atoms with Crippen LogP contribution in [0.5, 0.6) is 5.75 Å². The summed E-state index contributed by atoms with van der Waals surface area (Å²) in [5.41, 5.74) is 0.0667. The highest BCUT2D eigenvalue weighted by atomic mass is 32.2. The fourth-order valence-corrected chi connectivity index (χ4v) is 4.29. The van der Waals surface area contributed by atoms with Gasteiger partial charge in [-0.1, -0.05) is 0 Å². The predicted octanol–water partition coefficient (Wildman–Crippen LogP) is 1.35. The van der Waals surface area contributed by atoms with Gasteiger partial charge in [0.15, 0.2) is 19.0 Å². The van der Waals surface area contributed by atoms with Gasteiger partial charge in [-0.3, -0.25) is 24.5 Å². The third-order valence-electron chi connectivity index (χ3n) is 4.36. The van der Waals surface area contributed by atoms with Crippen LogP contribution in [-0.2, 0) is 24.3 Å². The number of thioether (sulfide) groups is 1. The number of carbonyl (C=O) groups excluding carboxylic acids is 3. The van der Waals surface area contributed by atoms with Gasteiger partial charge >= 0.3 is 5.97 Å². The number of rotatable bonds is 9. The highest BCUT2D eigenvalue weighted by Crippen LogP contribution is 2.30. The molecule has 0 spiro atoms.